The lowest BCUT2D eigenvalue weighted by Crippen LogP contribution is -2.26. The third-order valence-corrected chi connectivity index (χ3v) is 4.02. The highest BCUT2D eigenvalue weighted by Crippen LogP contribution is 2.45. The first-order valence-corrected chi connectivity index (χ1v) is 7.48. The summed E-state index contributed by atoms with van der Waals surface area (Å²) in [6.07, 6.45) is 0. The number of nitrogens with zero attached hydrogens (tertiary/aromatic N) is 2. The normalized spacial score (nSPS) is 15.6. The molecule has 1 aliphatic rings. The number of fused-ring (bicyclic) bond motifs is 1. The van der Waals surface area contributed by atoms with Gasteiger partial charge in [0.05, 0.1) is 17.3 Å². The van der Waals surface area contributed by atoms with Crippen LogP contribution in [0.3, 0.4) is 0 Å². The van der Waals surface area contributed by atoms with Crippen LogP contribution in [-0.2, 0) is 0 Å². The number of hydroxylamine groups is 1. The van der Waals surface area contributed by atoms with Crippen molar-refractivity contribution in [3.8, 4) is 11.8 Å². The van der Waals surface area contributed by atoms with Gasteiger partial charge >= 0.3 is 0 Å². The van der Waals surface area contributed by atoms with Crippen molar-refractivity contribution >= 4 is 5.69 Å². The van der Waals surface area contributed by atoms with Gasteiger partial charge in [-0.3, -0.25) is 0 Å². The maximum Gasteiger partial charge on any atom is 0.162 e. The zero-order valence-electron chi connectivity index (χ0n) is 12.4. The van der Waals surface area contributed by atoms with Gasteiger partial charge in [-0.2, -0.15) is 10.3 Å². The van der Waals surface area contributed by atoms with Crippen molar-refractivity contribution < 1.29 is 4.84 Å². The molecule has 0 saturated carbocycles. The SMILES string of the molecule is N#Cc1cccc2c1C(c1ccccc1)N(c1ccccc1)O2. The Hall–Kier alpha value is -3.25. The molecule has 3 nitrogen and oxygen atoms in total. The molecule has 1 unspecified atom stereocenters. The Balaban J connectivity index is 1.91. The predicted molar refractivity (Wildman–Crippen MR) is 89.0 cm³/mol. The molecule has 0 amide bonds. The van der Waals surface area contributed by atoms with Gasteiger partial charge in [0.25, 0.3) is 0 Å². The Morgan fingerprint density at radius 2 is 1.52 bits per heavy atom. The Morgan fingerprint density at radius 3 is 2.22 bits per heavy atom. The van der Waals surface area contributed by atoms with Crippen LogP contribution in [0.1, 0.15) is 22.7 Å². The first-order valence-electron chi connectivity index (χ1n) is 7.48. The van der Waals surface area contributed by atoms with Crippen molar-refractivity contribution in [3.05, 3.63) is 95.6 Å². The highest BCUT2D eigenvalue weighted by atomic mass is 16.7. The van der Waals surface area contributed by atoms with Gasteiger partial charge in [0.1, 0.15) is 6.04 Å². The molecule has 110 valence electrons. The standard InChI is InChI=1S/C20H14N2O/c21-14-16-10-7-13-18-19(16)20(15-8-3-1-4-9-15)22(23-18)17-11-5-2-6-12-17/h1-13,20H. The molecule has 0 aliphatic carbocycles. The van der Waals surface area contributed by atoms with Crippen LogP contribution < -0.4 is 9.90 Å². The minimum absolute atomic E-state index is 0.135. The van der Waals surface area contributed by atoms with Crippen LogP contribution in [-0.4, -0.2) is 0 Å². The van der Waals surface area contributed by atoms with Crippen molar-refractivity contribution in [3.63, 3.8) is 0 Å². The van der Waals surface area contributed by atoms with Crippen LogP contribution in [0.15, 0.2) is 78.9 Å². The molecule has 0 radical (unpaired) electrons. The van der Waals surface area contributed by atoms with Crippen molar-refractivity contribution in [2.24, 2.45) is 0 Å². The Labute approximate surface area is 134 Å². The second-order valence-electron chi connectivity index (χ2n) is 5.40. The molecule has 0 spiro atoms. The molecule has 0 aromatic heterocycles. The minimum Gasteiger partial charge on any atom is -0.378 e. The summed E-state index contributed by atoms with van der Waals surface area (Å²) in [5.74, 6) is 0.738. The van der Waals surface area contributed by atoms with Gasteiger partial charge in [0.2, 0.25) is 0 Å². The fourth-order valence-electron chi connectivity index (χ4n) is 2.99. The summed E-state index contributed by atoms with van der Waals surface area (Å²) < 4.78 is 0. The summed E-state index contributed by atoms with van der Waals surface area (Å²) in [7, 11) is 0. The van der Waals surface area contributed by atoms with E-state index >= 15 is 0 Å². The van der Waals surface area contributed by atoms with E-state index in [0.717, 1.165) is 22.6 Å². The lowest BCUT2D eigenvalue weighted by atomic mass is 9.94. The van der Waals surface area contributed by atoms with Crippen LogP contribution in [0.2, 0.25) is 0 Å². The summed E-state index contributed by atoms with van der Waals surface area (Å²) in [6.45, 7) is 0. The van der Waals surface area contributed by atoms with E-state index in [2.05, 4.69) is 18.2 Å². The third-order valence-electron chi connectivity index (χ3n) is 4.02. The fraction of sp³-hybridized carbons (Fsp3) is 0.0500. The van der Waals surface area contributed by atoms with E-state index in [1.165, 1.54) is 0 Å². The van der Waals surface area contributed by atoms with Crippen LogP contribution in [0.25, 0.3) is 0 Å². The van der Waals surface area contributed by atoms with Crippen molar-refractivity contribution in [1.82, 2.24) is 0 Å². The van der Waals surface area contributed by atoms with Gasteiger partial charge < -0.3 is 4.84 Å². The van der Waals surface area contributed by atoms with Crippen molar-refractivity contribution in [1.29, 1.82) is 5.26 Å². The van der Waals surface area contributed by atoms with Crippen LogP contribution in [0, 0.1) is 11.3 Å². The van der Waals surface area contributed by atoms with Gasteiger partial charge in [-0.05, 0) is 29.8 Å². The highest BCUT2D eigenvalue weighted by Gasteiger charge is 2.36. The monoisotopic (exact) mass is 298 g/mol. The summed E-state index contributed by atoms with van der Waals surface area (Å²) in [4.78, 5) is 6.08. The molecule has 0 fully saturated rings. The van der Waals surface area contributed by atoms with Gasteiger partial charge in [-0.25, -0.2) is 0 Å². The largest absolute Gasteiger partial charge is 0.378 e. The third kappa shape index (κ3) is 2.21. The average molecular weight is 298 g/mol. The van der Waals surface area contributed by atoms with E-state index in [0.29, 0.717) is 5.56 Å². The van der Waals surface area contributed by atoms with E-state index in [9.17, 15) is 5.26 Å². The molecule has 3 heteroatoms. The molecular formula is C20H14N2O. The fourth-order valence-corrected chi connectivity index (χ4v) is 2.99. The maximum atomic E-state index is 9.50. The molecule has 0 bridgehead atoms. The van der Waals surface area contributed by atoms with Crippen LogP contribution in [0.4, 0.5) is 5.69 Å². The molecule has 3 aromatic rings. The molecule has 4 rings (SSSR count). The van der Waals surface area contributed by atoms with Gasteiger partial charge in [-0.1, -0.05) is 54.6 Å². The lowest BCUT2D eigenvalue weighted by Gasteiger charge is -2.25. The molecule has 0 N–H and O–H groups in total. The predicted octanol–water partition coefficient (Wildman–Crippen LogP) is 4.46. The topological polar surface area (TPSA) is 36.3 Å². The van der Waals surface area contributed by atoms with Crippen molar-refractivity contribution in [2.75, 3.05) is 5.06 Å². The van der Waals surface area contributed by atoms with Crippen LogP contribution in [0.5, 0.6) is 5.75 Å². The number of benzene rings is 3. The van der Waals surface area contributed by atoms with E-state index in [1.807, 2.05) is 71.8 Å². The first kappa shape index (κ1) is 13.4. The number of anilines is 1. The van der Waals surface area contributed by atoms with Gasteiger partial charge in [0.15, 0.2) is 5.75 Å². The Kier molecular flexibility index (Phi) is 3.21. The molecule has 1 heterocycles. The van der Waals surface area contributed by atoms with Gasteiger partial charge in [-0.15, -0.1) is 0 Å². The molecule has 23 heavy (non-hydrogen) atoms. The van der Waals surface area contributed by atoms with E-state index in [1.54, 1.807) is 0 Å². The lowest BCUT2D eigenvalue weighted by molar-refractivity contribution is 0.293. The van der Waals surface area contributed by atoms with Gasteiger partial charge in [0, 0.05) is 5.56 Å². The number of rotatable bonds is 2. The number of nitriles is 1. The Morgan fingerprint density at radius 1 is 0.826 bits per heavy atom. The molecule has 3 aromatic carbocycles. The number of para-hydroxylation sites is 1. The number of hydrogen-bond acceptors (Lipinski definition) is 3. The first-order chi connectivity index (χ1) is 11.4. The Bertz CT molecular complexity index is 869. The molecular weight excluding hydrogens is 284 g/mol. The van der Waals surface area contributed by atoms with E-state index in [-0.39, 0.29) is 6.04 Å². The van der Waals surface area contributed by atoms with Crippen molar-refractivity contribution in [2.45, 2.75) is 6.04 Å². The smallest absolute Gasteiger partial charge is 0.162 e. The second kappa shape index (κ2) is 5.51. The molecule has 0 saturated heterocycles. The summed E-state index contributed by atoms with van der Waals surface area (Å²) in [5, 5.41) is 11.4. The zero-order valence-corrected chi connectivity index (χ0v) is 12.4. The molecule has 1 aliphatic heterocycles. The summed E-state index contributed by atoms with van der Waals surface area (Å²) in [5.41, 5.74) is 3.62. The maximum absolute atomic E-state index is 9.50. The zero-order chi connectivity index (χ0) is 15.6. The second-order valence-corrected chi connectivity index (χ2v) is 5.40. The highest BCUT2D eigenvalue weighted by molar-refractivity contribution is 5.61. The van der Waals surface area contributed by atoms with E-state index < -0.39 is 0 Å². The average Bonchev–Trinajstić information content (AvgIpc) is 3.03. The quantitative estimate of drug-likeness (QED) is 0.700. The summed E-state index contributed by atoms with van der Waals surface area (Å²) in [6, 6.07) is 27.8. The minimum atomic E-state index is -0.135. The molecule has 1 atom stereocenters. The number of hydrogen-bond donors (Lipinski definition) is 0. The van der Waals surface area contributed by atoms with E-state index in [4.69, 9.17) is 4.84 Å². The summed E-state index contributed by atoms with van der Waals surface area (Å²) >= 11 is 0. The van der Waals surface area contributed by atoms with Crippen LogP contribution >= 0.6 is 0 Å².